The lowest BCUT2D eigenvalue weighted by molar-refractivity contribution is 0.0660. The van der Waals surface area contributed by atoms with Gasteiger partial charge in [0, 0.05) is 0 Å². The first-order chi connectivity index (χ1) is 10.7. The first-order valence-corrected chi connectivity index (χ1v) is 6.88. The van der Waals surface area contributed by atoms with Crippen LogP contribution in [0.5, 0.6) is 0 Å². The van der Waals surface area contributed by atoms with E-state index >= 15 is 0 Å². The van der Waals surface area contributed by atoms with Crippen LogP contribution in [0.1, 0.15) is 27.8 Å². The summed E-state index contributed by atoms with van der Waals surface area (Å²) in [7, 11) is 0. The van der Waals surface area contributed by atoms with E-state index in [1.54, 1.807) is 6.07 Å². The smallest absolute Gasteiger partial charge is 0.371 e. The van der Waals surface area contributed by atoms with Gasteiger partial charge in [-0.2, -0.15) is 5.26 Å². The van der Waals surface area contributed by atoms with E-state index in [1.807, 2.05) is 42.5 Å². The lowest BCUT2D eigenvalue weighted by atomic mass is 9.94. The van der Waals surface area contributed by atoms with Crippen LogP contribution in [0, 0.1) is 11.3 Å². The second-order valence-corrected chi connectivity index (χ2v) is 5.03. The fraction of sp³-hybridized carbons (Fsp3) is 0.111. The highest BCUT2D eigenvalue weighted by Gasteiger charge is 2.19. The summed E-state index contributed by atoms with van der Waals surface area (Å²) < 4.78 is 5.26. The predicted molar refractivity (Wildman–Crippen MR) is 81.7 cm³/mol. The van der Waals surface area contributed by atoms with Crippen LogP contribution in [0.2, 0.25) is 0 Å². The number of rotatable bonds is 4. The van der Waals surface area contributed by atoms with Crippen LogP contribution < -0.4 is 0 Å². The normalized spacial score (nSPS) is 12.0. The molecule has 1 N–H and O–H groups in total. The second-order valence-electron chi connectivity index (χ2n) is 5.03. The van der Waals surface area contributed by atoms with E-state index in [9.17, 15) is 10.1 Å². The summed E-state index contributed by atoms with van der Waals surface area (Å²) in [5.74, 6) is -1.41. The zero-order valence-electron chi connectivity index (χ0n) is 11.7. The summed E-state index contributed by atoms with van der Waals surface area (Å²) in [6.07, 6.45) is 0.477. The molecule has 1 aromatic heterocycles. The predicted octanol–water partition coefficient (Wildman–Crippen LogP) is 3.98. The summed E-state index contributed by atoms with van der Waals surface area (Å²) in [6.45, 7) is 0. The van der Waals surface area contributed by atoms with Gasteiger partial charge in [0.05, 0.1) is 6.07 Å². The van der Waals surface area contributed by atoms with E-state index in [4.69, 9.17) is 9.52 Å². The van der Waals surface area contributed by atoms with Crippen molar-refractivity contribution in [2.45, 2.75) is 12.3 Å². The van der Waals surface area contributed by atoms with Gasteiger partial charge in [0.25, 0.3) is 0 Å². The topological polar surface area (TPSA) is 74.2 Å². The third-order valence-corrected chi connectivity index (χ3v) is 3.64. The Balaban J connectivity index is 1.95. The van der Waals surface area contributed by atoms with Crippen molar-refractivity contribution in [2.75, 3.05) is 0 Å². The summed E-state index contributed by atoms with van der Waals surface area (Å²) >= 11 is 0. The van der Waals surface area contributed by atoms with E-state index in [2.05, 4.69) is 6.07 Å². The number of aromatic carboxylic acids is 1. The Morgan fingerprint density at radius 1 is 1.14 bits per heavy atom. The van der Waals surface area contributed by atoms with Crippen molar-refractivity contribution in [3.05, 3.63) is 71.7 Å². The molecule has 0 spiro atoms. The van der Waals surface area contributed by atoms with Gasteiger partial charge in [-0.15, -0.1) is 0 Å². The van der Waals surface area contributed by atoms with Crippen LogP contribution in [0.4, 0.5) is 0 Å². The molecule has 1 atom stereocenters. The van der Waals surface area contributed by atoms with E-state index in [1.165, 1.54) is 6.07 Å². The molecule has 1 heterocycles. The van der Waals surface area contributed by atoms with E-state index in [0.29, 0.717) is 12.2 Å². The third kappa shape index (κ3) is 2.57. The fourth-order valence-electron chi connectivity index (χ4n) is 2.56. The summed E-state index contributed by atoms with van der Waals surface area (Å²) in [4.78, 5) is 10.9. The Morgan fingerprint density at radius 3 is 2.64 bits per heavy atom. The lowest BCUT2D eigenvalue weighted by Gasteiger charge is -2.09. The number of benzene rings is 2. The van der Waals surface area contributed by atoms with Gasteiger partial charge in [0.2, 0.25) is 5.76 Å². The summed E-state index contributed by atoms with van der Waals surface area (Å²) in [5, 5.41) is 20.5. The van der Waals surface area contributed by atoms with Crippen molar-refractivity contribution < 1.29 is 14.3 Å². The average Bonchev–Trinajstić information content (AvgIpc) is 3.02. The van der Waals surface area contributed by atoms with Crippen molar-refractivity contribution >= 4 is 16.7 Å². The van der Waals surface area contributed by atoms with Gasteiger partial charge in [-0.1, -0.05) is 42.5 Å². The zero-order chi connectivity index (χ0) is 15.5. The number of nitrogens with zero attached hydrogens (tertiary/aromatic N) is 1. The minimum Gasteiger partial charge on any atom is -0.475 e. The number of hydrogen-bond acceptors (Lipinski definition) is 3. The number of furan rings is 1. The highest BCUT2D eigenvalue weighted by atomic mass is 16.4. The SMILES string of the molecule is N#CC(Cc1cccc2ccccc12)c1ccc(C(=O)O)o1. The Kier molecular flexibility index (Phi) is 3.63. The van der Waals surface area contributed by atoms with Crippen molar-refractivity contribution in [3.8, 4) is 6.07 Å². The van der Waals surface area contributed by atoms with Gasteiger partial charge < -0.3 is 9.52 Å². The van der Waals surface area contributed by atoms with Crippen molar-refractivity contribution in [1.29, 1.82) is 5.26 Å². The average molecular weight is 291 g/mol. The van der Waals surface area contributed by atoms with Crippen LogP contribution in [0.3, 0.4) is 0 Å². The number of carboxylic acids is 1. The van der Waals surface area contributed by atoms with Gasteiger partial charge >= 0.3 is 5.97 Å². The number of carboxylic acid groups (broad SMARTS) is 1. The molecule has 0 radical (unpaired) electrons. The Hall–Kier alpha value is -3.06. The van der Waals surface area contributed by atoms with Crippen LogP contribution in [0.15, 0.2) is 59.0 Å². The molecule has 22 heavy (non-hydrogen) atoms. The minimum atomic E-state index is -1.13. The molecular weight excluding hydrogens is 278 g/mol. The summed E-state index contributed by atoms with van der Waals surface area (Å²) in [6, 6.07) is 19.1. The van der Waals surface area contributed by atoms with Crippen LogP contribution in [-0.2, 0) is 6.42 Å². The standard InChI is InChI=1S/C18H13NO3/c19-11-14(16-8-9-17(22-16)18(20)21)10-13-6-3-5-12-4-1-2-7-15(12)13/h1-9,14H,10H2,(H,20,21). The quantitative estimate of drug-likeness (QED) is 0.789. The third-order valence-electron chi connectivity index (χ3n) is 3.64. The first-order valence-electron chi connectivity index (χ1n) is 6.88. The van der Waals surface area contributed by atoms with E-state index in [-0.39, 0.29) is 5.76 Å². The molecule has 4 heteroatoms. The lowest BCUT2D eigenvalue weighted by Crippen LogP contribution is -2.00. The number of hydrogen-bond donors (Lipinski definition) is 1. The zero-order valence-corrected chi connectivity index (χ0v) is 11.7. The molecule has 0 aliphatic rings. The molecule has 0 aliphatic heterocycles. The minimum absolute atomic E-state index is 0.145. The van der Waals surface area contributed by atoms with Crippen LogP contribution >= 0.6 is 0 Å². The molecule has 0 bridgehead atoms. The summed E-state index contributed by atoms with van der Waals surface area (Å²) in [5.41, 5.74) is 1.04. The highest BCUT2D eigenvalue weighted by Crippen LogP contribution is 2.27. The fourth-order valence-corrected chi connectivity index (χ4v) is 2.56. The van der Waals surface area contributed by atoms with E-state index < -0.39 is 11.9 Å². The van der Waals surface area contributed by atoms with Crippen LogP contribution in [0.25, 0.3) is 10.8 Å². The highest BCUT2D eigenvalue weighted by molar-refractivity contribution is 5.86. The Labute approximate surface area is 127 Å². The largest absolute Gasteiger partial charge is 0.475 e. The molecule has 0 saturated heterocycles. The number of fused-ring (bicyclic) bond motifs is 1. The molecule has 4 nitrogen and oxygen atoms in total. The van der Waals surface area contributed by atoms with E-state index in [0.717, 1.165) is 16.3 Å². The molecule has 3 rings (SSSR count). The van der Waals surface area contributed by atoms with Crippen LogP contribution in [-0.4, -0.2) is 11.1 Å². The number of carbonyl (C=O) groups is 1. The van der Waals surface area contributed by atoms with Crippen molar-refractivity contribution in [2.24, 2.45) is 0 Å². The maximum absolute atomic E-state index is 10.9. The molecule has 0 saturated carbocycles. The Morgan fingerprint density at radius 2 is 1.91 bits per heavy atom. The molecule has 0 fully saturated rings. The van der Waals surface area contributed by atoms with Crippen molar-refractivity contribution in [3.63, 3.8) is 0 Å². The first kappa shape index (κ1) is 13.9. The Bertz CT molecular complexity index is 868. The van der Waals surface area contributed by atoms with Gasteiger partial charge in [-0.3, -0.25) is 0 Å². The molecule has 2 aromatic carbocycles. The molecule has 0 aliphatic carbocycles. The molecule has 1 unspecified atom stereocenters. The molecule has 0 amide bonds. The maximum atomic E-state index is 10.9. The molecular formula is C18H13NO3. The van der Waals surface area contributed by atoms with Gasteiger partial charge in [0.1, 0.15) is 11.7 Å². The molecule has 108 valence electrons. The van der Waals surface area contributed by atoms with Gasteiger partial charge in [-0.25, -0.2) is 4.79 Å². The van der Waals surface area contributed by atoms with Gasteiger partial charge in [-0.05, 0) is 34.9 Å². The second kappa shape index (κ2) is 5.74. The van der Waals surface area contributed by atoms with Crippen molar-refractivity contribution in [1.82, 2.24) is 0 Å². The maximum Gasteiger partial charge on any atom is 0.371 e. The monoisotopic (exact) mass is 291 g/mol. The van der Waals surface area contributed by atoms with Gasteiger partial charge in [0.15, 0.2) is 0 Å². The number of nitriles is 1. The molecule has 3 aromatic rings.